The molecule has 1 fully saturated rings. The monoisotopic (exact) mass is 490 g/mol. The molecule has 1 saturated heterocycles. The van der Waals surface area contributed by atoms with Gasteiger partial charge in [0.25, 0.3) is 5.91 Å². The second-order valence-electron chi connectivity index (χ2n) is 5.10. The molecule has 0 spiro atoms. The Morgan fingerprint density at radius 1 is 1.62 bits per heavy atom. The number of thiocarbonyl (C=S) groups is 1. The summed E-state index contributed by atoms with van der Waals surface area (Å²) in [5, 5.41) is 20.4. The number of aliphatic imine (C=N–C) groups is 1. The molecule has 154 valence electrons. The third-order valence-corrected chi connectivity index (χ3v) is 6.53. The number of nitrogens with one attached hydrogen (secondary N) is 1. The maximum Gasteiger partial charge on any atom is 1.00 e. The molecule has 1 aromatic rings. The molecule has 1 amide bonds. The van der Waals surface area contributed by atoms with Gasteiger partial charge in [0, 0.05) is 24.1 Å². The molecule has 1 aliphatic heterocycles. The average Bonchev–Trinajstić information content (AvgIpc) is 3.04. The summed E-state index contributed by atoms with van der Waals surface area (Å²) >= 11 is 7.05. The topological polar surface area (TPSA) is 183 Å². The summed E-state index contributed by atoms with van der Waals surface area (Å²) in [6.07, 6.45) is 0. The van der Waals surface area contributed by atoms with Crippen LogP contribution in [0.4, 0.5) is 5.13 Å². The number of aromatic nitrogens is 1. The number of nitrogen functional groups attached to an aromatic ring is 1. The molecule has 0 aliphatic carbocycles. The van der Waals surface area contributed by atoms with Crippen LogP contribution in [0.2, 0.25) is 0 Å². The molecule has 0 aromatic carbocycles. The van der Waals surface area contributed by atoms with Gasteiger partial charge in [-0.1, -0.05) is 29.1 Å². The summed E-state index contributed by atoms with van der Waals surface area (Å²) in [6, 6.07) is -2.45. The summed E-state index contributed by atoms with van der Waals surface area (Å²) in [5.41, 5.74) is 5.33. The van der Waals surface area contributed by atoms with Crippen LogP contribution in [0.25, 0.3) is 0 Å². The number of carbonyl (C=O) groups is 1. The number of oxime groups is 1. The molecule has 2 atom stereocenters. The second kappa shape index (κ2) is 10.9. The smallest absolute Gasteiger partial charge is 0.857 e. The third kappa shape index (κ3) is 6.24. The van der Waals surface area contributed by atoms with E-state index in [-0.39, 0.29) is 56.2 Å². The number of nitrogens with zero attached hydrogens (tertiary/aromatic N) is 4. The Hall–Kier alpha value is -1.01. The number of anilines is 1. The Kier molecular flexibility index (Phi) is 9.74. The summed E-state index contributed by atoms with van der Waals surface area (Å²) in [5.74, 6) is -2.02. The largest absolute Gasteiger partial charge is 1.00 e. The Bertz CT molecular complexity index is 935. The minimum atomic E-state index is -4.81. The Morgan fingerprint density at radius 2 is 2.28 bits per heavy atom. The molecule has 17 heteroatoms. The standard InChI is InChI=1S/C12H16N6O6S4.Na/c1-14-12(25)27-4-6-8(10(20)18(6)28(21,22)23)16-9(19)7(17-24-2)5-3-26-11(13)15-5;/h3,6,8H,4H2,1-2H3,(H2,13,15)(H,14,25)(H,16,19)(H,21,22,23);/q;+1/p-1/b17-7+;/t6-,8+;/m1./s1. The van der Waals surface area contributed by atoms with Crippen molar-refractivity contribution in [2.24, 2.45) is 10.1 Å². The zero-order valence-electron chi connectivity index (χ0n) is 15.4. The van der Waals surface area contributed by atoms with Crippen molar-refractivity contribution >= 4 is 72.6 Å². The first kappa shape index (κ1) is 26.0. The minimum Gasteiger partial charge on any atom is -0.857 e. The Labute approximate surface area is 202 Å². The van der Waals surface area contributed by atoms with Gasteiger partial charge in [-0.3, -0.25) is 14.3 Å². The predicted molar refractivity (Wildman–Crippen MR) is 108 cm³/mol. The summed E-state index contributed by atoms with van der Waals surface area (Å²) in [7, 11) is -2.04. The summed E-state index contributed by atoms with van der Waals surface area (Å²) in [4.78, 5) is 24.4. The molecule has 0 radical (unpaired) electrons. The Balaban J connectivity index is 0.00000420. The van der Waals surface area contributed by atoms with Gasteiger partial charge >= 0.3 is 39.9 Å². The number of thioether (sulfide) groups is 1. The van der Waals surface area contributed by atoms with Crippen LogP contribution in [0.1, 0.15) is 5.69 Å². The van der Waals surface area contributed by atoms with Gasteiger partial charge in [-0.05, 0) is 0 Å². The van der Waals surface area contributed by atoms with E-state index in [9.17, 15) is 22.9 Å². The van der Waals surface area contributed by atoms with Crippen LogP contribution in [0, 0.1) is 0 Å². The summed E-state index contributed by atoms with van der Waals surface area (Å²) < 4.78 is 32.7. The average molecular weight is 491 g/mol. The van der Waals surface area contributed by atoms with E-state index in [4.69, 9.17) is 18.0 Å². The molecule has 0 bridgehead atoms. The van der Waals surface area contributed by atoms with Crippen molar-refractivity contribution < 1.29 is 57.3 Å². The number of thiazole rings is 1. The van der Waals surface area contributed by atoms with Gasteiger partial charge in [0.2, 0.25) is 0 Å². The fourth-order valence-electron chi connectivity index (χ4n) is 2.19. The molecular formula is C12H15N6NaO6S4. The molecule has 29 heavy (non-hydrogen) atoms. The molecule has 2 heterocycles. The quantitative estimate of drug-likeness (QED) is 0.0636. The van der Waals surface area contributed by atoms with Crippen LogP contribution < -0.4 is 45.7 Å². The van der Waals surface area contributed by atoms with Crippen molar-refractivity contribution in [3.8, 4) is 0 Å². The number of rotatable bonds is 7. The first-order valence-corrected chi connectivity index (χ1v) is 11.0. The third-order valence-electron chi connectivity index (χ3n) is 3.38. The van der Waals surface area contributed by atoms with Crippen molar-refractivity contribution in [1.29, 1.82) is 0 Å². The van der Waals surface area contributed by atoms with Gasteiger partial charge in [0.05, 0.1) is 6.04 Å². The second-order valence-corrected chi connectivity index (χ2v) is 8.98. The molecule has 12 nitrogen and oxygen atoms in total. The number of nitrogens with two attached hydrogens (primary N) is 1. The molecule has 1 aliphatic rings. The van der Waals surface area contributed by atoms with Crippen LogP contribution in [0.15, 0.2) is 15.5 Å². The van der Waals surface area contributed by atoms with Gasteiger partial charge in [-0.15, -0.1) is 11.3 Å². The van der Waals surface area contributed by atoms with Crippen molar-refractivity contribution in [2.45, 2.75) is 12.1 Å². The molecule has 0 saturated carbocycles. The van der Waals surface area contributed by atoms with Crippen molar-refractivity contribution in [1.82, 2.24) is 14.6 Å². The fraction of sp³-hybridized carbons (Fsp3) is 0.417. The number of hydrogen-bond acceptors (Lipinski definition) is 12. The first-order chi connectivity index (χ1) is 13.1. The number of β-lactam (4-membered cyclic amide) rings is 1. The van der Waals surface area contributed by atoms with E-state index < -0.39 is 34.2 Å². The molecule has 4 N–H and O–H groups in total. The zero-order chi connectivity index (χ0) is 21.1. The van der Waals surface area contributed by atoms with E-state index in [2.05, 4.69) is 25.3 Å². The zero-order valence-corrected chi connectivity index (χ0v) is 20.7. The first-order valence-electron chi connectivity index (χ1n) is 7.33. The van der Waals surface area contributed by atoms with E-state index in [0.717, 1.165) is 23.1 Å². The molecular weight excluding hydrogens is 475 g/mol. The number of carbonyl (C=O) groups excluding carboxylic acids is 1. The SMILES string of the molecule is CNC(=S)SC[C@@H]1[C@H](N=C([O-])/C(=N/OC)c2csc(N)n2)C(=O)N1S(=O)(=O)O.[Na+]. The van der Waals surface area contributed by atoms with Gasteiger partial charge in [-0.2, -0.15) is 8.42 Å². The number of hydrogen-bond donors (Lipinski definition) is 3. The van der Waals surface area contributed by atoms with E-state index in [0.29, 0.717) is 4.32 Å². The van der Waals surface area contributed by atoms with Crippen LogP contribution in [-0.2, 0) is 19.9 Å². The van der Waals surface area contributed by atoms with E-state index in [1.165, 1.54) is 12.5 Å². The fourth-order valence-corrected chi connectivity index (χ4v) is 4.70. The van der Waals surface area contributed by atoms with Crippen molar-refractivity contribution in [3.05, 3.63) is 11.1 Å². The Morgan fingerprint density at radius 3 is 2.76 bits per heavy atom. The normalized spacial score (nSPS) is 20.0. The van der Waals surface area contributed by atoms with Crippen LogP contribution >= 0.6 is 35.3 Å². The molecule has 2 rings (SSSR count). The van der Waals surface area contributed by atoms with Gasteiger partial charge < -0.3 is 21.0 Å². The van der Waals surface area contributed by atoms with Crippen molar-refractivity contribution in [2.75, 3.05) is 25.6 Å². The maximum absolute atomic E-state index is 12.5. The van der Waals surface area contributed by atoms with Gasteiger partial charge in [0.15, 0.2) is 11.2 Å². The molecule has 0 unspecified atom stereocenters. The predicted octanol–water partition coefficient (Wildman–Crippen LogP) is -4.54. The summed E-state index contributed by atoms with van der Waals surface area (Å²) in [6.45, 7) is 0. The van der Waals surface area contributed by atoms with E-state index in [1.807, 2.05) is 0 Å². The maximum atomic E-state index is 12.5. The van der Waals surface area contributed by atoms with Crippen LogP contribution in [-0.4, -0.2) is 76.1 Å². The van der Waals surface area contributed by atoms with Crippen LogP contribution in [0.3, 0.4) is 0 Å². The van der Waals surface area contributed by atoms with E-state index in [1.54, 1.807) is 7.05 Å². The van der Waals surface area contributed by atoms with Gasteiger partial charge in [0.1, 0.15) is 22.8 Å². The van der Waals surface area contributed by atoms with E-state index >= 15 is 0 Å². The van der Waals surface area contributed by atoms with Crippen LogP contribution in [0.5, 0.6) is 0 Å². The minimum absolute atomic E-state index is 0. The number of amides is 1. The van der Waals surface area contributed by atoms with Gasteiger partial charge in [-0.25, -0.2) is 9.29 Å². The molecule has 1 aromatic heterocycles. The van der Waals surface area contributed by atoms with Crippen molar-refractivity contribution in [3.63, 3.8) is 0 Å².